The van der Waals surface area contributed by atoms with Crippen molar-refractivity contribution in [3.8, 4) is 11.8 Å². The highest BCUT2D eigenvalue weighted by molar-refractivity contribution is 5.97. The average Bonchev–Trinajstić information content (AvgIpc) is 2.62. The molecule has 2 aromatic carbocycles. The van der Waals surface area contributed by atoms with Gasteiger partial charge >= 0.3 is 0 Å². The van der Waals surface area contributed by atoms with Gasteiger partial charge in [0.05, 0.1) is 7.11 Å². The van der Waals surface area contributed by atoms with Crippen molar-refractivity contribution >= 4 is 11.6 Å². The zero-order valence-electron chi connectivity index (χ0n) is 12.7. The highest BCUT2D eigenvalue weighted by atomic mass is 16.5. The van der Waals surface area contributed by atoms with Crippen molar-refractivity contribution < 1.29 is 9.53 Å². The number of methoxy groups -OCH3 is 1. The molecule has 0 aromatic heterocycles. The molecule has 1 amide bonds. The lowest BCUT2D eigenvalue weighted by Gasteiger charge is -2.06. The lowest BCUT2D eigenvalue weighted by Crippen LogP contribution is -2.24. The number of hydrogen-bond donors (Lipinski definition) is 2. The number of rotatable bonds is 6. The van der Waals surface area contributed by atoms with Crippen LogP contribution in [-0.2, 0) is 11.3 Å². The van der Waals surface area contributed by atoms with Gasteiger partial charge in [-0.05, 0) is 29.8 Å². The van der Waals surface area contributed by atoms with Gasteiger partial charge in [0.2, 0.25) is 0 Å². The molecule has 0 aliphatic rings. The van der Waals surface area contributed by atoms with Gasteiger partial charge in [-0.15, -0.1) is 0 Å². The number of amides is 1. The normalized spacial score (nSPS) is 10.5. The topological polar surface area (TPSA) is 74.1 Å². The summed E-state index contributed by atoms with van der Waals surface area (Å²) in [5.74, 6) is 0.318. The van der Waals surface area contributed by atoms with Gasteiger partial charge in [-0.2, -0.15) is 5.26 Å². The predicted molar refractivity (Wildman–Crippen MR) is 88.6 cm³/mol. The van der Waals surface area contributed by atoms with Crippen LogP contribution in [0.5, 0.6) is 5.75 Å². The van der Waals surface area contributed by atoms with Gasteiger partial charge in [-0.25, -0.2) is 0 Å². The number of carbonyl (C=O) groups excluding carboxylic acids is 1. The second kappa shape index (κ2) is 8.25. The van der Waals surface area contributed by atoms with E-state index in [0.29, 0.717) is 6.54 Å². The Morgan fingerprint density at radius 3 is 2.48 bits per heavy atom. The number of carbonyl (C=O) groups is 1. The molecule has 0 radical (unpaired) electrons. The third kappa shape index (κ3) is 4.90. The van der Waals surface area contributed by atoms with Gasteiger partial charge in [0.15, 0.2) is 0 Å². The van der Waals surface area contributed by atoms with Gasteiger partial charge in [-0.1, -0.05) is 30.3 Å². The predicted octanol–water partition coefficient (Wildman–Crippen LogP) is 2.83. The van der Waals surface area contributed by atoms with E-state index in [1.807, 2.05) is 36.4 Å². The fourth-order valence-electron chi connectivity index (χ4n) is 1.86. The SMILES string of the molecule is COc1ccc(NC=C(C#N)C(=O)NCc2ccccc2)cc1. The van der Waals surface area contributed by atoms with Crippen molar-refractivity contribution in [1.82, 2.24) is 5.32 Å². The number of ether oxygens (including phenoxy) is 1. The van der Waals surface area contributed by atoms with Gasteiger partial charge < -0.3 is 15.4 Å². The van der Waals surface area contributed by atoms with E-state index in [1.165, 1.54) is 6.20 Å². The largest absolute Gasteiger partial charge is 0.497 e. The summed E-state index contributed by atoms with van der Waals surface area (Å²) in [6.07, 6.45) is 1.39. The maximum Gasteiger partial charge on any atom is 0.263 e. The Morgan fingerprint density at radius 2 is 1.87 bits per heavy atom. The highest BCUT2D eigenvalue weighted by Crippen LogP contribution is 2.15. The van der Waals surface area contributed by atoms with Gasteiger partial charge in [0.25, 0.3) is 5.91 Å². The molecule has 0 fully saturated rings. The molecule has 0 unspecified atom stereocenters. The molecule has 2 aromatic rings. The smallest absolute Gasteiger partial charge is 0.263 e. The lowest BCUT2D eigenvalue weighted by atomic mass is 10.2. The summed E-state index contributed by atoms with van der Waals surface area (Å²) in [6, 6.07) is 18.6. The average molecular weight is 307 g/mol. The zero-order valence-corrected chi connectivity index (χ0v) is 12.7. The van der Waals surface area contributed by atoms with Crippen LogP contribution < -0.4 is 15.4 Å². The number of nitrogens with one attached hydrogen (secondary N) is 2. The lowest BCUT2D eigenvalue weighted by molar-refractivity contribution is -0.117. The van der Waals surface area contributed by atoms with E-state index in [1.54, 1.807) is 31.4 Å². The van der Waals surface area contributed by atoms with Crippen LogP contribution in [-0.4, -0.2) is 13.0 Å². The third-order valence-electron chi connectivity index (χ3n) is 3.13. The Kier molecular flexibility index (Phi) is 5.78. The van der Waals surface area contributed by atoms with Crippen LogP contribution in [0, 0.1) is 11.3 Å². The van der Waals surface area contributed by atoms with Crippen molar-refractivity contribution in [2.45, 2.75) is 6.54 Å². The van der Waals surface area contributed by atoms with Crippen molar-refractivity contribution in [3.63, 3.8) is 0 Å². The van der Waals surface area contributed by atoms with Crippen LogP contribution >= 0.6 is 0 Å². The number of hydrogen-bond acceptors (Lipinski definition) is 4. The summed E-state index contributed by atoms with van der Waals surface area (Å²) in [4.78, 5) is 12.0. The summed E-state index contributed by atoms with van der Waals surface area (Å²) in [6.45, 7) is 0.376. The Morgan fingerprint density at radius 1 is 1.17 bits per heavy atom. The van der Waals surface area contributed by atoms with E-state index in [-0.39, 0.29) is 5.57 Å². The monoisotopic (exact) mass is 307 g/mol. The second-order valence-corrected chi connectivity index (χ2v) is 4.71. The van der Waals surface area contributed by atoms with Crippen LogP contribution in [0.3, 0.4) is 0 Å². The third-order valence-corrected chi connectivity index (χ3v) is 3.13. The van der Waals surface area contributed by atoms with Crippen molar-refractivity contribution in [1.29, 1.82) is 5.26 Å². The summed E-state index contributed by atoms with van der Waals surface area (Å²) >= 11 is 0. The molecule has 2 rings (SSSR count). The Balaban J connectivity index is 1.94. The van der Waals surface area contributed by atoms with E-state index < -0.39 is 5.91 Å². The molecule has 0 saturated carbocycles. The first-order chi connectivity index (χ1) is 11.2. The molecular formula is C18H17N3O2. The molecule has 0 aliphatic carbocycles. The highest BCUT2D eigenvalue weighted by Gasteiger charge is 2.08. The standard InChI is InChI=1S/C18H17N3O2/c1-23-17-9-7-16(8-10-17)20-13-15(11-19)18(22)21-12-14-5-3-2-4-6-14/h2-10,13,20H,12H2,1H3,(H,21,22). The van der Waals surface area contributed by atoms with Crippen LogP contribution in [0.15, 0.2) is 66.4 Å². The van der Waals surface area contributed by atoms with Crippen LogP contribution in [0.4, 0.5) is 5.69 Å². The number of nitriles is 1. The minimum Gasteiger partial charge on any atom is -0.497 e. The van der Waals surface area contributed by atoms with E-state index >= 15 is 0 Å². The van der Waals surface area contributed by atoms with Crippen LogP contribution in [0.2, 0.25) is 0 Å². The first-order valence-corrected chi connectivity index (χ1v) is 7.06. The molecule has 0 saturated heterocycles. The molecule has 0 spiro atoms. The minimum atomic E-state index is -0.419. The Hall–Kier alpha value is -3.26. The van der Waals surface area contributed by atoms with Crippen LogP contribution in [0.1, 0.15) is 5.56 Å². The van der Waals surface area contributed by atoms with Gasteiger partial charge in [-0.3, -0.25) is 4.79 Å². The van der Waals surface area contributed by atoms with Crippen molar-refractivity contribution in [2.75, 3.05) is 12.4 Å². The van der Waals surface area contributed by atoms with Crippen molar-refractivity contribution in [3.05, 3.63) is 71.9 Å². The fourth-order valence-corrected chi connectivity index (χ4v) is 1.86. The van der Waals surface area contributed by atoms with Gasteiger partial charge in [0, 0.05) is 18.4 Å². The second-order valence-electron chi connectivity index (χ2n) is 4.71. The molecule has 0 heterocycles. The molecule has 0 aliphatic heterocycles. The number of nitrogens with zero attached hydrogens (tertiary/aromatic N) is 1. The molecule has 5 nitrogen and oxygen atoms in total. The molecule has 116 valence electrons. The van der Waals surface area contributed by atoms with E-state index in [9.17, 15) is 4.79 Å². The molecular weight excluding hydrogens is 290 g/mol. The Labute approximate surface area is 135 Å². The molecule has 2 N–H and O–H groups in total. The molecule has 5 heteroatoms. The fraction of sp³-hybridized carbons (Fsp3) is 0.111. The molecule has 23 heavy (non-hydrogen) atoms. The maximum absolute atomic E-state index is 12.0. The zero-order chi connectivity index (χ0) is 16.5. The first-order valence-electron chi connectivity index (χ1n) is 7.06. The summed E-state index contributed by atoms with van der Waals surface area (Å²) in [5, 5.41) is 14.8. The van der Waals surface area contributed by atoms with Crippen LogP contribution in [0.25, 0.3) is 0 Å². The number of anilines is 1. The van der Waals surface area contributed by atoms with E-state index in [0.717, 1.165) is 17.0 Å². The maximum atomic E-state index is 12.0. The Bertz CT molecular complexity index is 716. The van der Waals surface area contributed by atoms with E-state index in [4.69, 9.17) is 10.00 Å². The summed E-state index contributed by atoms with van der Waals surface area (Å²) < 4.78 is 5.07. The molecule has 0 atom stereocenters. The van der Waals surface area contributed by atoms with Crippen molar-refractivity contribution in [2.24, 2.45) is 0 Å². The summed E-state index contributed by atoms with van der Waals surface area (Å²) in [5.41, 5.74) is 1.74. The first kappa shape index (κ1) is 16.1. The van der Waals surface area contributed by atoms with Gasteiger partial charge in [0.1, 0.15) is 17.4 Å². The number of benzene rings is 2. The molecule has 0 bridgehead atoms. The quantitative estimate of drug-likeness (QED) is 0.636. The summed E-state index contributed by atoms with van der Waals surface area (Å²) in [7, 11) is 1.59. The van der Waals surface area contributed by atoms with E-state index in [2.05, 4.69) is 10.6 Å². The minimum absolute atomic E-state index is 0.0109.